The summed E-state index contributed by atoms with van der Waals surface area (Å²) in [5.41, 5.74) is 4.12. The Morgan fingerprint density at radius 2 is 1.72 bits per heavy atom. The van der Waals surface area contributed by atoms with Crippen LogP contribution in [0.4, 0.5) is 0 Å². The third-order valence-electron chi connectivity index (χ3n) is 4.93. The SMILES string of the molecule is CC(=O)n1c2c(c3ccccc31)CCN(C(=O)Cc1ccccc1)C2. The molecule has 0 spiro atoms. The van der Waals surface area contributed by atoms with E-state index in [4.69, 9.17) is 0 Å². The van der Waals surface area contributed by atoms with E-state index in [0.717, 1.165) is 28.6 Å². The van der Waals surface area contributed by atoms with Gasteiger partial charge in [-0.25, -0.2) is 0 Å². The van der Waals surface area contributed by atoms with Crippen molar-refractivity contribution in [1.29, 1.82) is 0 Å². The number of aromatic nitrogens is 1. The number of carbonyl (C=O) groups excluding carboxylic acids is 2. The molecule has 0 fully saturated rings. The molecule has 0 radical (unpaired) electrons. The maximum atomic E-state index is 12.7. The van der Waals surface area contributed by atoms with Crippen LogP contribution in [0, 0.1) is 0 Å². The van der Waals surface area contributed by atoms with Gasteiger partial charge in [-0.15, -0.1) is 0 Å². The van der Waals surface area contributed by atoms with Gasteiger partial charge in [0.25, 0.3) is 0 Å². The second-order valence-electron chi connectivity index (χ2n) is 6.52. The maximum absolute atomic E-state index is 12.7. The molecule has 1 aromatic heterocycles. The molecular formula is C21H20N2O2. The first kappa shape index (κ1) is 15.6. The van der Waals surface area contributed by atoms with Gasteiger partial charge in [0.05, 0.1) is 18.5 Å². The lowest BCUT2D eigenvalue weighted by molar-refractivity contribution is -0.131. The summed E-state index contributed by atoms with van der Waals surface area (Å²) >= 11 is 0. The van der Waals surface area contributed by atoms with Gasteiger partial charge >= 0.3 is 0 Å². The average Bonchev–Trinajstić information content (AvgIpc) is 2.96. The minimum absolute atomic E-state index is 0.00481. The van der Waals surface area contributed by atoms with Crippen LogP contribution in [0.3, 0.4) is 0 Å². The van der Waals surface area contributed by atoms with Crippen molar-refractivity contribution < 1.29 is 9.59 Å². The molecule has 4 heteroatoms. The zero-order valence-corrected chi connectivity index (χ0v) is 14.2. The minimum atomic E-state index is -0.00481. The van der Waals surface area contributed by atoms with E-state index in [2.05, 4.69) is 6.07 Å². The molecule has 0 atom stereocenters. The van der Waals surface area contributed by atoms with E-state index in [9.17, 15) is 9.59 Å². The van der Waals surface area contributed by atoms with Crippen molar-refractivity contribution >= 4 is 22.7 Å². The summed E-state index contributed by atoms with van der Waals surface area (Å²) in [6.45, 7) is 2.78. The predicted octanol–water partition coefficient (Wildman–Crippen LogP) is 3.43. The third kappa shape index (κ3) is 2.74. The highest BCUT2D eigenvalue weighted by Gasteiger charge is 2.27. The Morgan fingerprint density at radius 1 is 1.00 bits per heavy atom. The number of amides is 1. The van der Waals surface area contributed by atoms with Gasteiger partial charge in [0, 0.05) is 24.5 Å². The van der Waals surface area contributed by atoms with Crippen LogP contribution in [0.1, 0.15) is 28.5 Å². The number of para-hydroxylation sites is 1. The van der Waals surface area contributed by atoms with E-state index < -0.39 is 0 Å². The fourth-order valence-electron chi connectivity index (χ4n) is 3.77. The molecule has 0 aliphatic carbocycles. The van der Waals surface area contributed by atoms with Gasteiger partial charge in [0.1, 0.15) is 0 Å². The van der Waals surface area contributed by atoms with Crippen LogP contribution in [0.25, 0.3) is 10.9 Å². The Labute approximate surface area is 146 Å². The number of fused-ring (bicyclic) bond motifs is 3. The highest BCUT2D eigenvalue weighted by molar-refractivity contribution is 5.95. The summed E-state index contributed by atoms with van der Waals surface area (Å²) in [5.74, 6) is 0.104. The zero-order chi connectivity index (χ0) is 17.4. The molecule has 0 saturated carbocycles. The topological polar surface area (TPSA) is 42.3 Å². The molecule has 0 saturated heterocycles. The molecule has 25 heavy (non-hydrogen) atoms. The van der Waals surface area contributed by atoms with Gasteiger partial charge in [-0.2, -0.15) is 0 Å². The van der Waals surface area contributed by atoms with Crippen LogP contribution < -0.4 is 0 Å². The van der Waals surface area contributed by atoms with Gasteiger partial charge in [-0.3, -0.25) is 14.2 Å². The fourth-order valence-corrected chi connectivity index (χ4v) is 3.77. The molecule has 3 aromatic rings. The first-order chi connectivity index (χ1) is 12.1. The maximum Gasteiger partial charge on any atom is 0.228 e. The van der Waals surface area contributed by atoms with Crippen molar-refractivity contribution in [3.05, 3.63) is 71.4 Å². The summed E-state index contributed by atoms with van der Waals surface area (Å²) in [4.78, 5) is 26.8. The number of rotatable bonds is 2. The third-order valence-corrected chi connectivity index (χ3v) is 4.93. The lowest BCUT2D eigenvalue weighted by Gasteiger charge is -2.28. The van der Waals surface area contributed by atoms with Crippen molar-refractivity contribution in [1.82, 2.24) is 9.47 Å². The van der Waals surface area contributed by atoms with Crippen molar-refractivity contribution in [3.8, 4) is 0 Å². The molecule has 1 amide bonds. The number of benzene rings is 2. The molecule has 1 aliphatic rings. The van der Waals surface area contributed by atoms with E-state index in [0.29, 0.717) is 19.5 Å². The van der Waals surface area contributed by atoms with Gasteiger partial charge in [0.2, 0.25) is 11.8 Å². The molecule has 0 N–H and O–H groups in total. The summed E-state index contributed by atoms with van der Waals surface area (Å²) in [6, 6.07) is 17.8. The van der Waals surface area contributed by atoms with Crippen LogP contribution in [0.15, 0.2) is 54.6 Å². The number of hydrogen-bond donors (Lipinski definition) is 0. The molecular weight excluding hydrogens is 312 g/mol. The first-order valence-corrected chi connectivity index (χ1v) is 8.59. The van der Waals surface area contributed by atoms with Crippen molar-refractivity contribution in [2.75, 3.05) is 6.54 Å². The zero-order valence-electron chi connectivity index (χ0n) is 14.2. The van der Waals surface area contributed by atoms with Crippen LogP contribution in [-0.4, -0.2) is 27.8 Å². The molecule has 0 unspecified atom stereocenters. The van der Waals surface area contributed by atoms with E-state index in [1.54, 1.807) is 11.5 Å². The Morgan fingerprint density at radius 3 is 2.48 bits per heavy atom. The fraction of sp³-hybridized carbons (Fsp3) is 0.238. The predicted molar refractivity (Wildman–Crippen MR) is 97.5 cm³/mol. The molecule has 0 bridgehead atoms. The van der Waals surface area contributed by atoms with Crippen LogP contribution in [0.5, 0.6) is 0 Å². The molecule has 2 heterocycles. The van der Waals surface area contributed by atoms with Gasteiger partial charge < -0.3 is 4.90 Å². The quantitative estimate of drug-likeness (QED) is 0.721. The molecule has 1 aliphatic heterocycles. The highest BCUT2D eigenvalue weighted by Crippen LogP contribution is 2.31. The van der Waals surface area contributed by atoms with Crippen molar-refractivity contribution in [2.24, 2.45) is 0 Å². The molecule has 4 rings (SSSR count). The smallest absolute Gasteiger partial charge is 0.228 e. The lowest BCUT2D eigenvalue weighted by Crippen LogP contribution is -2.37. The second-order valence-corrected chi connectivity index (χ2v) is 6.52. The number of carbonyl (C=O) groups is 2. The number of hydrogen-bond acceptors (Lipinski definition) is 2. The summed E-state index contributed by atoms with van der Waals surface area (Å²) < 4.78 is 1.77. The van der Waals surface area contributed by atoms with E-state index in [1.165, 1.54) is 5.56 Å². The van der Waals surface area contributed by atoms with E-state index >= 15 is 0 Å². The molecule has 2 aromatic carbocycles. The summed E-state index contributed by atoms with van der Waals surface area (Å²) in [7, 11) is 0. The standard InChI is InChI=1S/C21H20N2O2/c1-15(24)23-19-10-6-5-9-17(19)18-11-12-22(14-20(18)23)21(25)13-16-7-3-2-4-8-16/h2-10H,11-14H2,1H3. The van der Waals surface area contributed by atoms with Gasteiger partial charge in [-0.05, 0) is 23.6 Å². The average molecular weight is 332 g/mol. The lowest BCUT2D eigenvalue weighted by atomic mass is 10.0. The van der Waals surface area contributed by atoms with Crippen molar-refractivity contribution in [2.45, 2.75) is 26.3 Å². The second kappa shape index (κ2) is 6.20. The Balaban J connectivity index is 1.67. The van der Waals surface area contributed by atoms with E-state index in [1.807, 2.05) is 53.4 Å². The highest BCUT2D eigenvalue weighted by atomic mass is 16.2. The Kier molecular flexibility index (Phi) is 3.88. The van der Waals surface area contributed by atoms with Gasteiger partial charge in [-0.1, -0.05) is 48.5 Å². The number of nitrogens with zero attached hydrogens (tertiary/aromatic N) is 2. The van der Waals surface area contributed by atoms with Crippen LogP contribution in [0.2, 0.25) is 0 Å². The Bertz CT molecular complexity index is 957. The Hall–Kier alpha value is -2.88. The minimum Gasteiger partial charge on any atom is -0.336 e. The summed E-state index contributed by atoms with van der Waals surface area (Å²) in [6.07, 6.45) is 1.19. The monoisotopic (exact) mass is 332 g/mol. The molecule has 4 nitrogen and oxygen atoms in total. The van der Waals surface area contributed by atoms with Gasteiger partial charge in [0.15, 0.2) is 0 Å². The van der Waals surface area contributed by atoms with Crippen LogP contribution in [-0.2, 0) is 24.2 Å². The largest absolute Gasteiger partial charge is 0.336 e. The summed E-state index contributed by atoms with van der Waals surface area (Å²) in [5, 5.41) is 1.13. The first-order valence-electron chi connectivity index (χ1n) is 8.59. The van der Waals surface area contributed by atoms with Crippen molar-refractivity contribution in [3.63, 3.8) is 0 Å². The molecule has 126 valence electrons. The van der Waals surface area contributed by atoms with E-state index in [-0.39, 0.29) is 11.8 Å². The van der Waals surface area contributed by atoms with Crippen LogP contribution >= 0.6 is 0 Å². The normalized spacial score (nSPS) is 13.7.